The largest absolute Gasteiger partial charge is 0.481 e. The lowest BCUT2D eigenvalue weighted by Crippen LogP contribution is -2.11. The maximum Gasteiger partial charge on any atom is 0.303 e. The molecule has 1 heterocycles. The van der Waals surface area contributed by atoms with Crippen LogP contribution in [-0.4, -0.2) is 45.9 Å². The number of carboxylic acid groups (broad SMARTS) is 1. The number of carbonyl (C=O) groups is 1. The first kappa shape index (κ1) is 20.0. The van der Waals surface area contributed by atoms with E-state index in [1.165, 1.54) is 0 Å². The zero-order chi connectivity index (χ0) is 19.8. The monoisotopic (exact) mass is 383 g/mol. The first-order valence-corrected chi connectivity index (χ1v) is 9.38. The van der Waals surface area contributed by atoms with Crippen molar-refractivity contribution in [3.8, 4) is 0 Å². The highest BCUT2D eigenvalue weighted by Crippen LogP contribution is 2.20. The summed E-state index contributed by atoms with van der Waals surface area (Å²) in [5, 5.41) is 17.3. The molecule has 0 aliphatic heterocycles. The van der Waals surface area contributed by atoms with Gasteiger partial charge in [0.25, 0.3) is 0 Å². The summed E-state index contributed by atoms with van der Waals surface area (Å²) in [6.45, 7) is 4.73. The fourth-order valence-corrected chi connectivity index (χ4v) is 3.02. The summed E-state index contributed by atoms with van der Waals surface area (Å²) in [5.74, 6) is -0.798. The lowest BCUT2D eigenvalue weighted by molar-refractivity contribution is -0.136. The van der Waals surface area contributed by atoms with Crippen molar-refractivity contribution in [1.29, 1.82) is 0 Å². The zero-order valence-electron chi connectivity index (χ0n) is 16.0. The Labute approximate surface area is 163 Å². The molecule has 0 radical (unpaired) electrons. The second-order valence-corrected chi connectivity index (χ2v) is 6.57. The molecule has 3 rings (SSSR count). The van der Waals surface area contributed by atoms with Gasteiger partial charge in [0, 0.05) is 6.42 Å². The summed E-state index contributed by atoms with van der Waals surface area (Å²) in [5.41, 5.74) is 4.87. The standard InChI is InChI=1S/C21H25N3O4/c1-16-18(8-10-20(25)26)7-9-19-21(16)22-23-24(19)11-12-27-13-14-28-15-17-5-3-2-4-6-17/h2-7,9H,8,10-15H2,1H3,(H,25,26). The van der Waals surface area contributed by atoms with E-state index in [1.54, 1.807) is 0 Å². The molecule has 0 unspecified atom stereocenters. The molecule has 0 amide bonds. The first-order valence-electron chi connectivity index (χ1n) is 9.38. The predicted octanol–water partition coefficient (Wildman–Crippen LogP) is 2.99. The highest BCUT2D eigenvalue weighted by atomic mass is 16.5. The minimum atomic E-state index is -0.798. The Morgan fingerprint density at radius 2 is 1.86 bits per heavy atom. The lowest BCUT2D eigenvalue weighted by Gasteiger charge is -2.08. The molecule has 148 valence electrons. The van der Waals surface area contributed by atoms with E-state index in [1.807, 2.05) is 54.1 Å². The van der Waals surface area contributed by atoms with Gasteiger partial charge in [0.2, 0.25) is 0 Å². The van der Waals surface area contributed by atoms with Gasteiger partial charge in [0.05, 0.1) is 38.5 Å². The fraction of sp³-hybridized carbons (Fsp3) is 0.381. The van der Waals surface area contributed by atoms with Gasteiger partial charge in [-0.05, 0) is 36.1 Å². The van der Waals surface area contributed by atoms with Crippen LogP contribution >= 0.6 is 0 Å². The molecule has 1 N–H and O–H groups in total. The number of fused-ring (bicyclic) bond motifs is 1. The summed E-state index contributed by atoms with van der Waals surface area (Å²) in [6.07, 6.45) is 0.608. The van der Waals surface area contributed by atoms with Crippen LogP contribution in [-0.2, 0) is 33.8 Å². The molecule has 0 atom stereocenters. The molecule has 3 aromatic rings. The number of aromatic nitrogens is 3. The number of aryl methyl sites for hydroxylation is 2. The predicted molar refractivity (Wildman–Crippen MR) is 105 cm³/mol. The Bertz CT molecular complexity index is 909. The van der Waals surface area contributed by atoms with Crippen LogP contribution in [0.3, 0.4) is 0 Å². The molecule has 0 aliphatic rings. The van der Waals surface area contributed by atoms with Crippen LogP contribution in [0.25, 0.3) is 11.0 Å². The van der Waals surface area contributed by atoms with Crippen LogP contribution in [0.1, 0.15) is 23.1 Å². The smallest absolute Gasteiger partial charge is 0.303 e. The highest BCUT2D eigenvalue weighted by molar-refractivity contribution is 5.79. The van der Waals surface area contributed by atoms with Crippen LogP contribution in [0.5, 0.6) is 0 Å². The number of hydrogen-bond donors (Lipinski definition) is 1. The van der Waals surface area contributed by atoms with Gasteiger partial charge >= 0.3 is 5.97 Å². The van der Waals surface area contributed by atoms with Gasteiger partial charge in [-0.15, -0.1) is 5.10 Å². The molecule has 28 heavy (non-hydrogen) atoms. The maximum atomic E-state index is 10.8. The second-order valence-electron chi connectivity index (χ2n) is 6.57. The van der Waals surface area contributed by atoms with Gasteiger partial charge in [0.15, 0.2) is 0 Å². The van der Waals surface area contributed by atoms with Crippen molar-refractivity contribution < 1.29 is 19.4 Å². The second kappa shape index (κ2) is 9.96. The molecule has 0 fully saturated rings. The minimum Gasteiger partial charge on any atom is -0.481 e. The average Bonchev–Trinajstić information content (AvgIpc) is 3.11. The highest BCUT2D eigenvalue weighted by Gasteiger charge is 2.11. The van der Waals surface area contributed by atoms with Crippen molar-refractivity contribution in [2.45, 2.75) is 32.9 Å². The van der Waals surface area contributed by atoms with E-state index in [4.69, 9.17) is 14.6 Å². The molecule has 7 nitrogen and oxygen atoms in total. The normalized spacial score (nSPS) is 11.2. The molecular formula is C21H25N3O4. The van der Waals surface area contributed by atoms with E-state index in [0.29, 0.717) is 39.4 Å². The summed E-state index contributed by atoms with van der Waals surface area (Å²) in [4.78, 5) is 10.8. The number of benzene rings is 2. The van der Waals surface area contributed by atoms with E-state index < -0.39 is 5.97 Å². The van der Waals surface area contributed by atoms with Crippen molar-refractivity contribution in [3.05, 3.63) is 59.2 Å². The number of ether oxygens (including phenoxy) is 2. The van der Waals surface area contributed by atoms with Gasteiger partial charge in [-0.3, -0.25) is 4.79 Å². The fourth-order valence-electron chi connectivity index (χ4n) is 3.02. The topological polar surface area (TPSA) is 86.5 Å². The Morgan fingerprint density at radius 1 is 1.07 bits per heavy atom. The average molecular weight is 383 g/mol. The van der Waals surface area contributed by atoms with E-state index in [0.717, 1.165) is 27.7 Å². The van der Waals surface area contributed by atoms with E-state index >= 15 is 0 Å². The summed E-state index contributed by atoms with van der Waals surface area (Å²) in [7, 11) is 0. The number of nitrogens with zero attached hydrogens (tertiary/aromatic N) is 3. The first-order chi connectivity index (χ1) is 13.6. The van der Waals surface area contributed by atoms with Crippen LogP contribution in [0.15, 0.2) is 42.5 Å². The molecule has 0 aliphatic carbocycles. The third kappa shape index (κ3) is 5.37. The van der Waals surface area contributed by atoms with Gasteiger partial charge in [0.1, 0.15) is 5.52 Å². The van der Waals surface area contributed by atoms with Gasteiger partial charge in [-0.2, -0.15) is 0 Å². The quantitative estimate of drug-likeness (QED) is 0.512. The van der Waals surface area contributed by atoms with Crippen molar-refractivity contribution in [3.63, 3.8) is 0 Å². The van der Waals surface area contributed by atoms with Crippen LogP contribution < -0.4 is 0 Å². The molecule has 2 aromatic carbocycles. The SMILES string of the molecule is Cc1c(CCC(=O)O)ccc2c1nnn2CCOCCOCc1ccccc1. The Hall–Kier alpha value is -2.77. The lowest BCUT2D eigenvalue weighted by atomic mass is 10.0. The van der Waals surface area contributed by atoms with Crippen LogP contribution in [0.2, 0.25) is 0 Å². The van der Waals surface area contributed by atoms with E-state index in [-0.39, 0.29) is 6.42 Å². The Balaban J connectivity index is 1.43. The molecule has 1 aromatic heterocycles. The van der Waals surface area contributed by atoms with Crippen LogP contribution in [0.4, 0.5) is 0 Å². The third-order valence-electron chi connectivity index (χ3n) is 4.59. The van der Waals surface area contributed by atoms with Gasteiger partial charge in [-0.1, -0.05) is 41.6 Å². The maximum absolute atomic E-state index is 10.8. The van der Waals surface area contributed by atoms with Crippen molar-refractivity contribution >= 4 is 17.0 Å². The molecule has 0 saturated carbocycles. The summed E-state index contributed by atoms with van der Waals surface area (Å²) in [6, 6.07) is 13.9. The van der Waals surface area contributed by atoms with Gasteiger partial charge in [-0.25, -0.2) is 4.68 Å². The number of hydrogen-bond acceptors (Lipinski definition) is 5. The number of rotatable bonds is 11. The minimum absolute atomic E-state index is 0.112. The number of carboxylic acids is 1. The zero-order valence-corrected chi connectivity index (χ0v) is 16.0. The van der Waals surface area contributed by atoms with Crippen molar-refractivity contribution in [1.82, 2.24) is 15.0 Å². The summed E-state index contributed by atoms with van der Waals surface area (Å²) >= 11 is 0. The Kier molecular flexibility index (Phi) is 7.11. The molecule has 7 heteroatoms. The van der Waals surface area contributed by atoms with Crippen LogP contribution in [0, 0.1) is 6.92 Å². The van der Waals surface area contributed by atoms with Crippen molar-refractivity contribution in [2.75, 3.05) is 19.8 Å². The molecule has 0 spiro atoms. The third-order valence-corrected chi connectivity index (χ3v) is 4.59. The molecular weight excluding hydrogens is 358 g/mol. The summed E-state index contributed by atoms with van der Waals surface area (Å²) < 4.78 is 13.0. The molecule has 0 bridgehead atoms. The van der Waals surface area contributed by atoms with E-state index in [9.17, 15) is 4.79 Å². The Morgan fingerprint density at radius 3 is 2.64 bits per heavy atom. The molecule has 0 saturated heterocycles. The van der Waals surface area contributed by atoms with Gasteiger partial charge < -0.3 is 14.6 Å². The van der Waals surface area contributed by atoms with E-state index in [2.05, 4.69) is 10.3 Å². The number of aliphatic carboxylic acids is 1. The van der Waals surface area contributed by atoms with Crippen molar-refractivity contribution in [2.24, 2.45) is 0 Å².